The van der Waals surface area contributed by atoms with Crippen LogP contribution < -0.4 is 20.7 Å². The molecule has 0 radical (unpaired) electrons. The average Bonchev–Trinajstić information content (AvgIpc) is 2.92. The summed E-state index contributed by atoms with van der Waals surface area (Å²) < 4.78 is 5.39. The van der Waals surface area contributed by atoms with Gasteiger partial charge in [-0.25, -0.2) is 0 Å². The molecule has 1 fully saturated rings. The van der Waals surface area contributed by atoms with Crippen LogP contribution in [0.15, 0.2) is 76.5 Å². The number of hydrogen-bond acceptors (Lipinski definition) is 6. The van der Waals surface area contributed by atoms with Gasteiger partial charge in [0, 0.05) is 17.3 Å². The van der Waals surface area contributed by atoms with E-state index in [9.17, 15) is 14.9 Å². The van der Waals surface area contributed by atoms with Gasteiger partial charge in [-0.3, -0.25) is 9.59 Å². The van der Waals surface area contributed by atoms with Crippen molar-refractivity contribution in [3.05, 3.63) is 82.0 Å². The van der Waals surface area contributed by atoms with E-state index in [2.05, 4.69) is 22.0 Å². The molecule has 2 aliphatic rings. The lowest BCUT2D eigenvalue weighted by Gasteiger charge is -2.30. The number of allylic oxidation sites excluding steroid dienone is 2. The molecule has 7 nitrogen and oxygen atoms in total. The maximum Gasteiger partial charge on any atom is 0.254 e. The third-order valence-electron chi connectivity index (χ3n) is 6.70. The molecular formula is C29H32N4O3S. The Balaban J connectivity index is 1.60. The largest absolute Gasteiger partial charge is 0.495 e. The van der Waals surface area contributed by atoms with Crippen LogP contribution in [0.5, 0.6) is 5.75 Å². The maximum absolute atomic E-state index is 13.6. The van der Waals surface area contributed by atoms with Gasteiger partial charge < -0.3 is 20.7 Å². The van der Waals surface area contributed by atoms with Crippen molar-refractivity contribution >= 4 is 29.3 Å². The van der Waals surface area contributed by atoms with Crippen molar-refractivity contribution in [1.82, 2.24) is 10.6 Å². The van der Waals surface area contributed by atoms with Gasteiger partial charge in [-0.15, -0.1) is 0 Å². The van der Waals surface area contributed by atoms with Crippen LogP contribution in [0, 0.1) is 11.3 Å². The number of carbonyl (C=O) groups excluding carboxylic acids is 2. The lowest BCUT2D eigenvalue weighted by molar-refractivity contribution is -0.119. The van der Waals surface area contributed by atoms with Crippen LogP contribution >= 0.6 is 11.8 Å². The van der Waals surface area contributed by atoms with Gasteiger partial charge in [-0.05, 0) is 37.5 Å². The predicted octanol–water partition coefficient (Wildman–Crippen LogP) is 5.21. The van der Waals surface area contributed by atoms with E-state index >= 15 is 0 Å². The number of carbonyl (C=O) groups is 2. The third kappa shape index (κ3) is 6.36. The molecule has 8 heteroatoms. The Bertz CT molecular complexity index is 1240. The number of dihydropyridines is 1. The number of benzene rings is 2. The van der Waals surface area contributed by atoms with Crippen LogP contribution in [0.1, 0.15) is 50.5 Å². The molecule has 0 saturated heterocycles. The van der Waals surface area contributed by atoms with Crippen LogP contribution in [0.3, 0.4) is 0 Å². The number of thioether (sulfide) groups is 1. The summed E-state index contributed by atoms with van der Waals surface area (Å²) in [6.45, 7) is 1.82. The number of methoxy groups -OCH3 is 1. The zero-order chi connectivity index (χ0) is 26.2. The molecule has 2 amide bonds. The summed E-state index contributed by atoms with van der Waals surface area (Å²) in [6.07, 6.45) is 5.55. The summed E-state index contributed by atoms with van der Waals surface area (Å²) in [5.74, 6) is -0.200. The molecule has 1 aliphatic carbocycles. The average molecular weight is 517 g/mol. The quantitative estimate of drug-likeness (QED) is 0.445. The van der Waals surface area contributed by atoms with Crippen molar-refractivity contribution in [2.45, 2.75) is 51.0 Å². The monoisotopic (exact) mass is 516 g/mol. The number of nitriles is 1. The molecule has 4 rings (SSSR count). The van der Waals surface area contributed by atoms with E-state index in [-0.39, 0.29) is 23.6 Å². The lowest BCUT2D eigenvalue weighted by atomic mass is 9.82. The van der Waals surface area contributed by atoms with Gasteiger partial charge in [-0.1, -0.05) is 73.5 Å². The zero-order valence-electron chi connectivity index (χ0n) is 21.2. The molecule has 0 unspecified atom stereocenters. The molecule has 37 heavy (non-hydrogen) atoms. The summed E-state index contributed by atoms with van der Waals surface area (Å²) in [6, 6.07) is 19.3. The number of ether oxygens (including phenoxy) is 1. The second-order valence-electron chi connectivity index (χ2n) is 9.21. The Morgan fingerprint density at radius 1 is 1.08 bits per heavy atom. The first-order chi connectivity index (χ1) is 18.0. The molecule has 2 aromatic rings. The van der Waals surface area contributed by atoms with Gasteiger partial charge in [0.25, 0.3) is 5.91 Å². The topological polar surface area (TPSA) is 103 Å². The van der Waals surface area contributed by atoms with E-state index in [0.29, 0.717) is 33.3 Å². The maximum atomic E-state index is 13.6. The first-order valence-electron chi connectivity index (χ1n) is 12.5. The number of amides is 2. The molecule has 0 spiro atoms. The fraction of sp³-hybridized carbons (Fsp3) is 0.345. The lowest BCUT2D eigenvalue weighted by Crippen LogP contribution is -2.37. The SMILES string of the molecule is COc1ccccc1NC(=O)C1=C(C)NC(SCC(=O)NC2CCCCC2)=C(C#N)[C@@H]1c1ccccc1. The normalized spacial score (nSPS) is 18.0. The van der Waals surface area contributed by atoms with Crippen molar-refractivity contribution in [3.8, 4) is 11.8 Å². The molecule has 3 N–H and O–H groups in total. The predicted molar refractivity (Wildman–Crippen MR) is 147 cm³/mol. The minimum atomic E-state index is -0.578. The molecule has 1 aliphatic heterocycles. The Kier molecular flexibility index (Phi) is 8.91. The molecule has 1 saturated carbocycles. The number of hydrogen-bond donors (Lipinski definition) is 3. The van der Waals surface area contributed by atoms with Crippen LogP contribution in [0.2, 0.25) is 0 Å². The molecule has 0 bridgehead atoms. The molecular weight excluding hydrogens is 484 g/mol. The number of rotatable bonds is 8. The van der Waals surface area contributed by atoms with E-state index in [0.717, 1.165) is 31.2 Å². The van der Waals surface area contributed by atoms with Gasteiger partial charge in [0.1, 0.15) is 5.75 Å². The first-order valence-corrected chi connectivity index (χ1v) is 13.5. The molecule has 0 aromatic heterocycles. The summed E-state index contributed by atoms with van der Waals surface area (Å²) in [5.41, 5.74) is 2.87. The van der Waals surface area contributed by atoms with E-state index in [1.54, 1.807) is 19.2 Å². The highest BCUT2D eigenvalue weighted by atomic mass is 32.2. The number of anilines is 1. The highest BCUT2D eigenvalue weighted by molar-refractivity contribution is 8.03. The Morgan fingerprint density at radius 2 is 1.78 bits per heavy atom. The number of nitrogens with zero attached hydrogens (tertiary/aromatic N) is 1. The first kappa shape index (κ1) is 26.4. The van der Waals surface area contributed by atoms with E-state index in [4.69, 9.17) is 4.74 Å². The number of para-hydroxylation sites is 2. The minimum absolute atomic E-state index is 0.0407. The van der Waals surface area contributed by atoms with Crippen molar-refractivity contribution in [2.24, 2.45) is 0 Å². The van der Waals surface area contributed by atoms with Gasteiger partial charge in [-0.2, -0.15) is 5.26 Å². The van der Waals surface area contributed by atoms with E-state index in [1.165, 1.54) is 18.2 Å². The second kappa shape index (κ2) is 12.5. The molecule has 192 valence electrons. The Morgan fingerprint density at radius 3 is 2.49 bits per heavy atom. The van der Waals surface area contributed by atoms with Crippen LogP contribution in [0.4, 0.5) is 5.69 Å². The van der Waals surface area contributed by atoms with Crippen molar-refractivity contribution < 1.29 is 14.3 Å². The summed E-state index contributed by atoms with van der Waals surface area (Å²) in [7, 11) is 1.55. The smallest absolute Gasteiger partial charge is 0.254 e. The van der Waals surface area contributed by atoms with Crippen molar-refractivity contribution in [1.29, 1.82) is 5.26 Å². The van der Waals surface area contributed by atoms with E-state index < -0.39 is 5.92 Å². The van der Waals surface area contributed by atoms with Crippen LogP contribution in [0.25, 0.3) is 0 Å². The highest BCUT2D eigenvalue weighted by Crippen LogP contribution is 2.41. The van der Waals surface area contributed by atoms with Gasteiger partial charge in [0.2, 0.25) is 5.91 Å². The van der Waals surface area contributed by atoms with Gasteiger partial charge >= 0.3 is 0 Å². The van der Waals surface area contributed by atoms with Gasteiger partial charge in [0.05, 0.1) is 41.1 Å². The third-order valence-corrected chi connectivity index (χ3v) is 7.72. The fourth-order valence-corrected chi connectivity index (χ4v) is 5.80. The number of nitrogens with one attached hydrogen (secondary N) is 3. The van der Waals surface area contributed by atoms with E-state index in [1.807, 2.05) is 49.4 Å². The summed E-state index contributed by atoms with van der Waals surface area (Å²) >= 11 is 1.30. The summed E-state index contributed by atoms with van der Waals surface area (Å²) in [5, 5.41) is 20.2. The minimum Gasteiger partial charge on any atom is -0.495 e. The molecule has 1 heterocycles. The Hall–Kier alpha value is -3.70. The standard InChI is InChI=1S/C29H32N4O3S/c1-19-26(28(35)33-23-15-9-10-16-24(23)36-2)27(20-11-5-3-6-12-20)22(17-30)29(31-19)37-18-25(34)32-21-13-7-4-8-14-21/h3,5-6,9-12,15-16,21,27,31H,4,7-8,13-14,18H2,1-2H3,(H,32,34)(H,33,35)/t27-/m0/s1. The zero-order valence-corrected chi connectivity index (χ0v) is 22.0. The molecule has 1 atom stereocenters. The van der Waals surface area contributed by atoms with Crippen LogP contribution in [-0.4, -0.2) is 30.7 Å². The van der Waals surface area contributed by atoms with Gasteiger partial charge in [0.15, 0.2) is 0 Å². The van der Waals surface area contributed by atoms with Crippen LogP contribution in [-0.2, 0) is 9.59 Å². The second-order valence-corrected chi connectivity index (χ2v) is 10.2. The highest BCUT2D eigenvalue weighted by Gasteiger charge is 2.35. The molecule has 2 aromatic carbocycles. The van der Waals surface area contributed by atoms with Crippen molar-refractivity contribution in [2.75, 3.05) is 18.2 Å². The fourth-order valence-electron chi connectivity index (χ4n) is 4.90. The Labute approximate surface area is 222 Å². The summed E-state index contributed by atoms with van der Waals surface area (Å²) in [4.78, 5) is 26.3. The van der Waals surface area contributed by atoms with Crippen molar-refractivity contribution in [3.63, 3.8) is 0 Å².